The third-order valence-corrected chi connectivity index (χ3v) is 4.96. The number of likely N-dealkylation sites (tertiary alicyclic amines) is 1. The highest BCUT2D eigenvalue weighted by atomic mass is 16.5. The first kappa shape index (κ1) is 21.1. The maximum atomic E-state index is 12.4. The lowest BCUT2D eigenvalue weighted by atomic mass is 10.0. The van der Waals surface area contributed by atoms with Gasteiger partial charge in [-0.15, -0.1) is 0 Å². The highest BCUT2D eigenvalue weighted by Crippen LogP contribution is 2.18. The van der Waals surface area contributed by atoms with E-state index >= 15 is 0 Å². The van der Waals surface area contributed by atoms with E-state index in [2.05, 4.69) is 22.5 Å². The molecule has 1 aromatic rings. The molecule has 27 heavy (non-hydrogen) atoms. The molecule has 150 valence electrons. The van der Waals surface area contributed by atoms with Crippen molar-refractivity contribution in [3.05, 3.63) is 29.8 Å². The van der Waals surface area contributed by atoms with Crippen LogP contribution in [0.2, 0.25) is 0 Å². The van der Waals surface area contributed by atoms with Gasteiger partial charge in [-0.25, -0.2) is 0 Å². The minimum absolute atomic E-state index is 0.000446. The van der Waals surface area contributed by atoms with Crippen molar-refractivity contribution in [3.8, 4) is 5.75 Å². The smallest absolute Gasteiger partial charge is 0.224 e. The highest BCUT2D eigenvalue weighted by molar-refractivity contribution is 5.81. The van der Waals surface area contributed by atoms with Crippen LogP contribution in [0.1, 0.15) is 45.1 Å². The molecule has 2 rings (SSSR count). The van der Waals surface area contributed by atoms with Crippen molar-refractivity contribution < 1.29 is 9.53 Å². The van der Waals surface area contributed by atoms with E-state index in [1.165, 1.54) is 6.42 Å². The first-order valence-corrected chi connectivity index (χ1v) is 9.97. The molecule has 0 saturated carbocycles. The number of guanidine groups is 1. The molecule has 0 radical (unpaired) electrons. The van der Waals surface area contributed by atoms with Crippen LogP contribution in [0.4, 0.5) is 0 Å². The molecule has 1 aromatic carbocycles. The van der Waals surface area contributed by atoms with Gasteiger partial charge in [-0.1, -0.05) is 18.2 Å². The molecule has 1 aliphatic rings. The Bertz CT molecular complexity index is 632. The predicted molar refractivity (Wildman–Crippen MR) is 110 cm³/mol. The number of ether oxygens (including phenoxy) is 1. The van der Waals surface area contributed by atoms with Crippen LogP contribution in [0.3, 0.4) is 0 Å². The fourth-order valence-corrected chi connectivity index (χ4v) is 3.31. The zero-order valence-electron chi connectivity index (χ0n) is 17.1. The lowest BCUT2D eigenvalue weighted by Gasteiger charge is -2.33. The van der Waals surface area contributed by atoms with Crippen LogP contribution >= 0.6 is 0 Å². The van der Waals surface area contributed by atoms with Gasteiger partial charge >= 0.3 is 0 Å². The van der Waals surface area contributed by atoms with Crippen LogP contribution in [0.15, 0.2) is 29.3 Å². The minimum atomic E-state index is 0.000446. The van der Waals surface area contributed by atoms with Crippen LogP contribution in [0.5, 0.6) is 5.75 Å². The summed E-state index contributed by atoms with van der Waals surface area (Å²) in [6, 6.07) is 8.36. The molecular weight excluding hydrogens is 340 g/mol. The zero-order valence-corrected chi connectivity index (χ0v) is 17.1. The molecule has 6 nitrogen and oxygen atoms in total. The second-order valence-corrected chi connectivity index (χ2v) is 7.26. The number of rotatable bonds is 7. The van der Waals surface area contributed by atoms with E-state index < -0.39 is 0 Å². The van der Waals surface area contributed by atoms with Crippen molar-refractivity contribution in [1.29, 1.82) is 0 Å². The first-order chi connectivity index (χ1) is 13.0. The average molecular weight is 375 g/mol. The Kier molecular flexibility index (Phi) is 8.43. The normalized spacial score (nSPS) is 18.7. The summed E-state index contributed by atoms with van der Waals surface area (Å²) in [5, 5.41) is 6.48. The summed E-state index contributed by atoms with van der Waals surface area (Å²) in [7, 11) is 1.73. The van der Waals surface area contributed by atoms with Gasteiger partial charge in [0.15, 0.2) is 5.96 Å². The van der Waals surface area contributed by atoms with Gasteiger partial charge in [0.1, 0.15) is 11.9 Å². The fourth-order valence-electron chi connectivity index (χ4n) is 3.31. The van der Waals surface area contributed by atoms with Gasteiger partial charge in [-0.2, -0.15) is 0 Å². The fraction of sp³-hybridized carbons (Fsp3) is 0.619. The van der Waals surface area contributed by atoms with Gasteiger partial charge in [-0.3, -0.25) is 9.79 Å². The van der Waals surface area contributed by atoms with Crippen LogP contribution in [-0.2, 0) is 4.79 Å². The number of hydrogen-bond acceptors (Lipinski definition) is 3. The zero-order chi connectivity index (χ0) is 19.6. The summed E-state index contributed by atoms with van der Waals surface area (Å²) < 4.78 is 5.97. The first-order valence-electron chi connectivity index (χ1n) is 9.97. The Morgan fingerprint density at radius 1 is 1.33 bits per heavy atom. The Hall–Kier alpha value is -2.24. The number of piperidine rings is 1. The van der Waals surface area contributed by atoms with Crippen molar-refractivity contribution in [2.75, 3.05) is 26.7 Å². The van der Waals surface area contributed by atoms with Gasteiger partial charge < -0.3 is 20.3 Å². The molecular formula is C21H34N4O2. The Labute approximate surface area is 163 Å². The molecule has 0 aromatic heterocycles. The monoisotopic (exact) mass is 374 g/mol. The van der Waals surface area contributed by atoms with E-state index in [0.717, 1.165) is 30.7 Å². The molecule has 1 amide bonds. The molecule has 6 heteroatoms. The molecule has 1 heterocycles. The van der Waals surface area contributed by atoms with Crippen molar-refractivity contribution in [1.82, 2.24) is 15.5 Å². The molecule has 2 N–H and O–H groups in total. The van der Waals surface area contributed by atoms with E-state index in [9.17, 15) is 4.79 Å². The van der Waals surface area contributed by atoms with E-state index in [0.29, 0.717) is 31.5 Å². The molecule has 0 bridgehead atoms. The third-order valence-electron chi connectivity index (χ3n) is 4.96. The van der Waals surface area contributed by atoms with Crippen LogP contribution < -0.4 is 15.4 Å². The van der Waals surface area contributed by atoms with E-state index in [-0.39, 0.29) is 12.0 Å². The van der Waals surface area contributed by atoms with Crippen molar-refractivity contribution in [3.63, 3.8) is 0 Å². The van der Waals surface area contributed by atoms with Crippen LogP contribution in [0.25, 0.3) is 0 Å². The molecule has 0 aliphatic carbocycles. The van der Waals surface area contributed by atoms with Gasteiger partial charge in [-0.05, 0) is 51.7 Å². The second-order valence-electron chi connectivity index (χ2n) is 7.26. The largest absolute Gasteiger partial charge is 0.489 e. The number of aliphatic imine (C=N–C) groups is 1. The molecule has 2 unspecified atom stereocenters. The number of aryl methyl sites for hydroxylation is 1. The number of benzene rings is 1. The second kappa shape index (κ2) is 10.8. The number of nitrogens with zero attached hydrogens (tertiary/aromatic N) is 2. The summed E-state index contributed by atoms with van der Waals surface area (Å²) in [5.41, 5.74) is 1.12. The summed E-state index contributed by atoms with van der Waals surface area (Å²) in [6.45, 7) is 8.30. The molecule has 0 spiro atoms. The average Bonchev–Trinajstić information content (AvgIpc) is 2.66. The lowest BCUT2D eigenvalue weighted by Crippen LogP contribution is -2.45. The Balaban J connectivity index is 1.69. The SMILES string of the molecule is CN=C(NCCC(=O)N1CCCCC1C)NCC(C)Oc1ccccc1C. The van der Waals surface area contributed by atoms with Gasteiger partial charge in [0.25, 0.3) is 0 Å². The summed E-state index contributed by atoms with van der Waals surface area (Å²) in [4.78, 5) is 18.6. The van der Waals surface area contributed by atoms with Crippen molar-refractivity contribution >= 4 is 11.9 Å². The summed E-state index contributed by atoms with van der Waals surface area (Å²) in [5.74, 6) is 1.81. The van der Waals surface area contributed by atoms with Crippen LogP contribution in [0, 0.1) is 6.92 Å². The van der Waals surface area contributed by atoms with Crippen LogP contribution in [-0.4, -0.2) is 55.6 Å². The maximum absolute atomic E-state index is 12.4. The molecule has 1 aliphatic heterocycles. The Morgan fingerprint density at radius 2 is 2.11 bits per heavy atom. The van der Waals surface area contributed by atoms with E-state index in [1.54, 1.807) is 7.05 Å². The number of nitrogens with one attached hydrogen (secondary N) is 2. The lowest BCUT2D eigenvalue weighted by molar-refractivity contribution is -0.134. The number of carbonyl (C=O) groups excluding carboxylic acids is 1. The highest BCUT2D eigenvalue weighted by Gasteiger charge is 2.22. The molecule has 1 saturated heterocycles. The van der Waals surface area contributed by atoms with Crippen molar-refractivity contribution in [2.24, 2.45) is 4.99 Å². The van der Waals surface area contributed by atoms with Crippen molar-refractivity contribution in [2.45, 2.75) is 58.6 Å². The molecule has 2 atom stereocenters. The quantitative estimate of drug-likeness (QED) is 0.569. The van der Waals surface area contributed by atoms with E-state index in [4.69, 9.17) is 4.74 Å². The third kappa shape index (κ3) is 6.77. The topological polar surface area (TPSA) is 66.0 Å². The standard InChI is InChI=1S/C21H34N4O2/c1-16-9-5-6-11-19(16)27-18(3)15-24-21(22-4)23-13-12-20(26)25-14-8-7-10-17(25)2/h5-6,9,11,17-18H,7-8,10,12-15H2,1-4H3,(H2,22,23,24). The number of hydrogen-bond donors (Lipinski definition) is 2. The van der Waals surface area contributed by atoms with Gasteiger partial charge in [0.2, 0.25) is 5.91 Å². The summed E-state index contributed by atoms with van der Waals surface area (Å²) in [6.07, 6.45) is 3.94. The minimum Gasteiger partial charge on any atom is -0.489 e. The predicted octanol–water partition coefficient (Wildman–Crippen LogP) is 2.72. The van der Waals surface area contributed by atoms with Gasteiger partial charge in [0, 0.05) is 32.6 Å². The number of para-hydroxylation sites is 1. The Morgan fingerprint density at radius 3 is 2.81 bits per heavy atom. The summed E-state index contributed by atoms with van der Waals surface area (Å²) >= 11 is 0. The number of carbonyl (C=O) groups is 1. The van der Waals surface area contributed by atoms with E-state index in [1.807, 2.05) is 43.0 Å². The maximum Gasteiger partial charge on any atom is 0.224 e. The number of amides is 1. The molecule has 1 fully saturated rings. The van der Waals surface area contributed by atoms with Gasteiger partial charge in [0.05, 0.1) is 6.54 Å².